The monoisotopic (exact) mass is 292 g/mol. The third-order valence-corrected chi connectivity index (χ3v) is 3.98. The van der Waals surface area contributed by atoms with E-state index in [0.717, 1.165) is 5.69 Å². The van der Waals surface area contributed by atoms with Gasteiger partial charge >= 0.3 is 6.09 Å². The third kappa shape index (κ3) is 3.14. The molecule has 0 atom stereocenters. The number of rotatable bonds is 3. The minimum absolute atomic E-state index is 0.221. The molecule has 0 bridgehead atoms. The van der Waals surface area contributed by atoms with Crippen LogP contribution in [0.25, 0.3) is 0 Å². The molecule has 3 rings (SSSR count). The van der Waals surface area contributed by atoms with Gasteiger partial charge in [0, 0.05) is 26.3 Å². The standard InChI is InChI=1S/C15H24N4O2/c1-15(2,3)21-14(20)18-8-13(9-18)17(4)12-7-16-19(10-12)11-5-6-11/h7,10-11,13H,5-6,8-9H2,1-4H3. The molecule has 6 nitrogen and oxygen atoms in total. The highest BCUT2D eigenvalue weighted by Gasteiger charge is 2.36. The highest BCUT2D eigenvalue weighted by Crippen LogP contribution is 2.35. The molecule has 1 saturated heterocycles. The second-order valence-electron chi connectivity index (χ2n) is 7.06. The van der Waals surface area contributed by atoms with E-state index < -0.39 is 5.60 Å². The van der Waals surface area contributed by atoms with Crippen LogP contribution in [0, 0.1) is 0 Å². The van der Waals surface area contributed by atoms with E-state index in [1.165, 1.54) is 12.8 Å². The number of amides is 1. The molecule has 1 aliphatic carbocycles. The Morgan fingerprint density at radius 1 is 1.38 bits per heavy atom. The predicted octanol–water partition coefficient (Wildman–Crippen LogP) is 2.27. The summed E-state index contributed by atoms with van der Waals surface area (Å²) < 4.78 is 7.42. The Hall–Kier alpha value is -1.72. The van der Waals surface area contributed by atoms with Crippen molar-refractivity contribution in [3.05, 3.63) is 12.4 Å². The lowest BCUT2D eigenvalue weighted by molar-refractivity contribution is 0.00852. The molecule has 1 amide bonds. The molecule has 2 heterocycles. The SMILES string of the molecule is CN(c1cnn(C2CC2)c1)C1CN(C(=O)OC(C)(C)C)C1. The topological polar surface area (TPSA) is 50.6 Å². The van der Waals surface area contributed by atoms with Crippen molar-refractivity contribution in [2.75, 3.05) is 25.0 Å². The van der Waals surface area contributed by atoms with Gasteiger partial charge in [-0.05, 0) is 33.6 Å². The fourth-order valence-electron chi connectivity index (χ4n) is 2.44. The summed E-state index contributed by atoms with van der Waals surface area (Å²) in [7, 11) is 2.06. The molecular formula is C15H24N4O2. The predicted molar refractivity (Wildman–Crippen MR) is 80.5 cm³/mol. The van der Waals surface area contributed by atoms with Crippen LogP contribution in [0.2, 0.25) is 0 Å². The van der Waals surface area contributed by atoms with Crippen LogP contribution in [-0.4, -0.2) is 52.6 Å². The molecule has 1 aromatic heterocycles. The normalized spacial score (nSPS) is 19.3. The summed E-state index contributed by atoms with van der Waals surface area (Å²) in [5.41, 5.74) is 0.690. The molecule has 0 N–H and O–H groups in total. The molecule has 6 heteroatoms. The highest BCUT2D eigenvalue weighted by molar-refractivity contribution is 5.69. The number of ether oxygens (including phenoxy) is 1. The van der Waals surface area contributed by atoms with Gasteiger partial charge in [-0.15, -0.1) is 0 Å². The molecule has 2 aliphatic rings. The Kier molecular flexibility index (Phi) is 3.34. The van der Waals surface area contributed by atoms with E-state index in [9.17, 15) is 4.79 Å². The lowest BCUT2D eigenvalue weighted by Gasteiger charge is -2.44. The Labute approximate surface area is 125 Å². The number of carbonyl (C=O) groups excluding carboxylic acids is 1. The van der Waals surface area contributed by atoms with Crippen LogP contribution in [0.1, 0.15) is 39.7 Å². The van der Waals surface area contributed by atoms with Crippen molar-refractivity contribution in [2.45, 2.75) is 51.3 Å². The number of likely N-dealkylation sites (N-methyl/N-ethyl adjacent to an activating group) is 1. The number of nitrogens with zero attached hydrogens (tertiary/aromatic N) is 4. The van der Waals surface area contributed by atoms with Gasteiger partial charge in [0.1, 0.15) is 5.60 Å². The van der Waals surface area contributed by atoms with Crippen LogP contribution < -0.4 is 4.90 Å². The van der Waals surface area contributed by atoms with Gasteiger partial charge in [-0.1, -0.05) is 0 Å². The van der Waals surface area contributed by atoms with Crippen LogP contribution >= 0.6 is 0 Å². The Morgan fingerprint density at radius 3 is 2.62 bits per heavy atom. The van der Waals surface area contributed by atoms with Crippen molar-refractivity contribution in [3.63, 3.8) is 0 Å². The van der Waals surface area contributed by atoms with E-state index in [0.29, 0.717) is 25.2 Å². The first kappa shape index (κ1) is 14.2. The van der Waals surface area contributed by atoms with Crippen LogP contribution in [0.15, 0.2) is 12.4 Å². The van der Waals surface area contributed by atoms with Crippen molar-refractivity contribution < 1.29 is 9.53 Å². The molecule has 0 unspecified atom stereocenters. The number of aromatic nitrogens is 2. The molecule has 1 saturated carbocycles. The lowest BCUT2D eigenvalue weighted by Crippen LogP contribution is -2.61. The molecular weight excluding hydrogens is 268 g/mol. The number of anilines is 1. The average Bonchev–Trinajstić information content (AvgIpc) is 3.02. The summed E-state index contributed by atoms with van der Waals surface area (Å²) in [6, 6.07) is 0.946. The highest BCUT2D eigenvalue weighted by atomic mass is 16.6. The second-order valence-corrected chi connectivity index (χ2v) is 7.06. The van der Waals surface area contributed by atoms with E-state index in [-0.39, 0.29) is 6.09 Å². The van der Waals surface area contributed by atoms with E-state index in [2.05, 4.69) is 27.9 Å². The van der Waals surface area contributed by atoms with Crippen molar-refractivity contribution in [1.82, 2.24) is 14.7 Å². The fourth-order valence-corrected chi connectivity index (χ4v) is 2.44. The maximum Gasteiger partial charge on any atom is 0.410 e. The van der Waals surface area contributed by atoms with Crippen LogP contribution in [0.4, 0.5) is 10.5 Å². The van der Waals surface area contributed by atoms with E-state index in [1.54, 1.807) is 4.90 Å². The molecule has 21 heavy (non-hydrogen) atoms. The van der Waals surface area contributed by atoms with Crippen LogP contribution in [0.5, 0.6) is 0 Å². The average molecular weight is 292 g/mol. The third-order valence-electron chi connectivity index (χ3n) is 3.98. The zero-order valence-corrected chi connectivity index (χ0v) is 13.2. The molecule has 0 radical (unpaired) electrons. The van der Waals surface area contributed by atoms with Crippen molar-refractivity contribution >= 4 is 11.8 Å². The van der Waals surface area contributed by atoms with Gasteiger partial charge < -0.3 is 14.5 Å². The summed E-state index contributed by atoms with van der Waals surface area (Å²) in [5, 5.41) is 4.41. The number of hydrogen-bond acceptors (Lipinski definition) is 4. The zero-order chi connectivity index (χ0) is 15.2. The number of carbonyl (C=O) groups is 1. The van der Waals surface area contributed by atoms with E-state index in [4.69, 9.17) is 4.74 Å². The van der Waals surface area contributed by atoms with Crippen LogP contribution in [-0.2, 0) is 4.74 Å². The quantitative estimate of drug-likeness (QED) is 0.857. The molecule has 0 spiro atoms. The maximum absolute atomic E-state index is 11.9. The molecule has 2 fully saturated rings. The minimum Gasteiger partial charge on any atom is -0.444 e. The van der Waals surface area contributed by atoms with Crippen LogP contribution in [0.3, 0.4) is 0 Å². The van der Waals surface area contributed by atoms with E-state index in [1.807, 2.05) is 27.0 Å². The molecule has 0 aromatic carbocycles. The number of likely N-dealkylation sites (tertiary alicyclic amines) is 1. The zero-order valence-electron chi connectivity index (χ0n) is 13.2. The van der Waals surface area contributed by atoms with Gasteiger partial charge in [-0.3, -0.25) is 4.68 Å². The van der Waals surface area contributed by atoms with E-state index >= 15 is 0 Å². The summed E-state index contributed by atoms with van der Waals surface area (Å²) in [5.74, 6) is 0. The maximum atomic E-state index is 11.9. The Bertz CT molecular complexity index is 524. The van der Waals surface area contributed by atoms with Crippen molar-refractivity contribution in [1.29, 1.82) is 0 Å². The Balaban J connectivity index is 1.51. The largest absolute Gasteiger partial charge is 0.444 e. The van der Waals surface area contributed by atoms with Gasteiger partial charge in [0.15, 0.2) is 0 Å². The van der Waals surface area contributed by atoms with Gasteiger partial charge in [0.05, 0.1) is 24.0 Å². The van der Waals surface area contributed by atoms with Gasteiger partial charge in [-0.2, -0.15) is 5.10 Å². The summed E-state index contributed by atoms with van der Waals surface area (Å²) in [6.07, 6.45) is 6.27. The molecule has 1 aliphatic heterocycles. The Morgan fingerprint density at radius 2 is 2.05 bits per heavy atom. The molecule has 1 aromatic rings. The first-order valence-corrected chi connectivity index (χ1v) is 7.58. The fraction of sp³-hybridized carbons (Fsp3) is 0.733. The summed E-state index contributed by atoms with van der Waals surface area (Å²) >= 11 is 0. The van der Waals surface area contributed by atoms with Crippen molar-refractivity contribution in [3.8, 4) is 0 Å². The summed E-state index contributed by atoms with van der Waals surface area (Å²) in [4.78, 5) is 15.9. The van der Waals surface area contributed by atoms with Gasteiger partial charge in [0.25, 0.3) is 0 Å². The van der Waals surface area contributed by atoms with Crippen molar-refractivity contribution in [2.24, 2.45) is 0 Å². The molecule has 116 valence electrons. The first-order valence-electron chi connectivity index (χ1n) is 7.58. The van der Waals surface area contributed by atoms with Gasteiger partial charge in [-0.25, -0.2) is 4.79 Å². The first-order chi connectivity index (χ1) is 9.83. The minimum atomic E-state index is -0.431. The lowest BCUT2D eigenvalue weighted by atomic mass is 10.1. The van der Waals surface area contributed by atoms with Gasteiger partial charge in [0.2, 0.25) is 0 Å². The number of hydrogen-bond donors (Lipinski definition) is 0. The second kappa shape index (κ2) is 4.93. The summed E-state index contributed by atoms with van der Waals surface area (Å²) in [6.45, 7) is 7.09. The smallest absolute Gasteiger partial charge is 0.410 e.